The molecule has 0 saturated carbocycles. The highest BCUT2D eigenvalue weighted by Gasteiger charge is 2.22. The van der Waals surface area contributed by atoms with Gasteiger partial charge < -0.3 is 9.72 Å². The number of hydrogen-bond acceptors (Lipinski definition) is 3. The van der Waals surface area contributed by atoms with Gasteiger partial charge in [-0.3, -0.25) is 4.79 Å². The van der Waals surface area contributed by atoms with Gasteiger partial charge in [-0.25, -0.2) is 4.39 Å². The average molecular weight is 308 g/mol. The monoisotopic (exact) mass is 308 g/mol. The molecule has 0 unspecified atom stereocenters. The van der Waals surface area contributed by atoms with Crippen molar-refractivity contribution in [1.29, 1.82) is 0 Å². The molecular formula is C18H13FN2O2. The highest BCUT2D eigenvalue weighted by Crippen LogP contribution is 2.34. The third-order valence-corrected chi connectivity index (χ3v) is 3.89. The van der Waals surface area contributed by atoms with Gasteiger partial charge in [-0.2, -0.15) is 4.98 Å². The van der Waals surface area contributed by atoms with Crippen molar-refractivity contribution >= 4 is 0 Å². The number of aryl methyl sites for hydroxylation is 1. The van der Waals surface area contributed by atoms with Crippen LogP contribution in [0.15, 0.2) is 47.3 Å². The lowest BCUT2D eigenvalue weighted by Crippen LogP contribution is -2.20. The summed E-state index contributed by atoms with van der Waals surface area (Å²) in [7, 11) is 0. The van der Waals surface area contributed by atoms with Crippen molar-refractivity contribution in [1.82, 2.24) is 9.97 Å². The molecular weight excluding hydrogens is 295 g/mol. The molecule has 4 rings (SSSR count). The van der Waals surface area contributed by atoms with Crippen molar-refractivity contribution in [3.05, 3.63) is 75.3 Å². The molecule has 0 bridgehead atoms. The maximum Gasteiger partial charge on any atom is 0.258 e. The molecule has 1 N–H and O–H groups in total. The molecule has 1 aliphatic rings. The standard InChI is InChI=1S/C18H13FN2O2/c1-10-2-7-15-12(8-10)9-14-17(22)20-16(21-18(14)23-15)11-3-5-13(19)6-4-11/h2-8H,9H2,1H3,(H,20,21,22). The summed E-state index contributed by atoms with van der Waals surface area (Å²) in [4.78, 5) is 19.5. The summed E-state index contributed by atoms with van der Waals surface area (Å²) in [5.41, 5.74) is 2.99. The van der Waals surface area contributed by atoms with E-state index >= 15 is 0 Å². The zero-order valence-corrected chi connectivity index (χ0v) is 12.4. The van der Waals surface area contributed by atoms with E-state index in [0.29, 0.717) is 35.0 Å². The maximum absolute atomic E-state index is 13.0. The first-order valence-corrected chi connectivity index (χ1v) is 7.27. The summed E-state index contributed by atoms with van der Waals surface area (Å²) in [6, 6.07) is 11.6. The summed E-state index contributed by atoms with van der Waals surface area (Å²) >= 11 is 0. The van der Waals surface area contributed by atoms with Crippen LogP contribution in [0.2, 0.25) is 0 Å². The second kappa shape index (κ2) is 5.05. The third-order valence-electron chi connectivity index (χ3n) is 3.89. The van der Waals surface area contributed by atoms with Gasteiger partial charge in [0.25, 0.3) is 5.56 Å². The molecule has 0 spiro atoms. The highest BCUT2D eigenvalue weighted by molar-refractivity contribution is 5.57. The Kier molecular flexibility index (Phi) is 3.01. The van der Waals surface area contributed by atoms with Crippen LogP contribution in [0.3, 0.4) is 0 Å². The van der Waals surface area contributed by atoms with Crippen LogP contribution in [-0.4, -0.2) is 9.97 Å². The number of halogens is 1. The van der Waals surface area contributed by atoms with Crippen molar-refractivity contribution in [2.75, 3.05) is 0 Å². The number of aromatic amines is 1. The first-order chi connectivity index (χ1) is 11.1. The van der Waals surface area contributed by atoms with Gasteiger partial charge in [0.15, 0.2) is 0 Å². The average Bonchev–Trinajstić information content (AvgIpc) is 2.54. The second-order valence-electron chi connectivity index (χ2n) is 5.60. The number of nitrogens with one attached hydrogen (secondary N) is 1. The maximum atomic E-state index is 13.0. The second-order valence-corrected chi connectivity index (χ2v) is 5.60. The third kappa shape index (κ3) is 2.40. The fourth-order valence-corrected chi connectivity index (χ4v) is 2.70. The smallest absolute Gasteiger partial charge is 0.258 e. The molecule has 5 heteroatoms. The van der Waals surface area contributed by atoms with Crippen LogP contribution in [0.1, 0.15) is 16.7 Å². The summed E-state index contributed by atoms with van der Waals surface area (Å²) in [5.74, 6) is 1.05. The molecule has 114 valence electrons. The normalized spacial score (nSPS) is 12.3. The molecule has 23 heavy (non-hydrogen) atoms. The Hall–Kier alpha value is -2.95. The van der Waals surface area contributed by atoms with E-state index in [9.17, 15) is 9.18 Å². The minimum absolute atomic E-state index is 0.235. The van der Waals surface area contributed by atoms with Crippen molar-refractivity contribution in [2.24, 2.45) is 0 Å². The Bertz CT molecular complexity index is 962. The molecule has 0 fully saturated rings. The van der Waals surface area contributed by atoms with Crippen molar-refractivity contribution in [3.63, 3.8) is 0 Å². The lowest BCUT2D eigenvalue weighted by molar-refractivity contribution is 0.438. The Morgan fingerprint density at radius 2 is 1.96 bits per heavy atom. The van der Waals surface area contributed by atoms with Gasteiger partial charge in [-0.15, -0.1) is 0 Å². The Morgan fingerprint density at radius 3 is 2.74 bits per heavy atom. The fraction of sp³-hybridized carbons (Fsp3) is 0.111. The molecule has 0 atom stereocenters. The van der Waals surface area contributed by atoms with Crippen molar-refractivity contribution in [2.45, 2.75) is 13.3 Å². The van der Waals surface area contributed by atoms with Crippen LogP contribution in [0, 0.1) is 12.7 Å². The molecule has 0 radical (unpaired) electrons. The van der Waals surface area contributed by atoms with E-state index in [2.05, 4.69) is 9.97 Å². The molecule has 0 amide bonds. The number of aromatic nitrogens is 2. The number of hydrogen-bond donors (Lipinski definition) is 1. The van der Waals surface area contributed by atoms with Gasteiger partial charge in [0.2, 0.25) is 5.88 Å². The number of rotatable bonds is 1. The first-order valence-electron chi connectivity index (χ1n) is 7.27. The molecule has 2 heterocycles. The zero-order valence-electron chi connectivity index (χ0n) is 12.4. The van der Waals surface area contributed by atoms with Gasteiger partial charge in [-0.1, -0.05) is 17.7 Å². The van der Waals surface area contributed by atoms with Crippen LogP contribution in [0.5, 0.6) is 11.6 Å². The Morgan fingerprint density at radius 1 is 1.17 bits per heavy atom. The summed E-state index contributed by atoms with van der Waals surface area (Å²) in [5, 5.41) is 0. The van der Waals surface area contributed by atoms with Gasteiger partial charge in [0, 0.05) is 12.0 Å². The van der Waals surface area contributed by atoms with Crippen LogP contribution >= 0.6 is 0 Å². The molecule has 2 aromatic carbocycles. The van der Waals surface area contributed by atoms with E-state index in [0.717, 1.165) is 11.1 Å². The predicted molar refractivity (Wildman–Crippen MR) is 84.3 cm³/mol. The lowest BCUT2D eigenvalue weighted by Gasteiger charge is -2.19. The molecule has 0 aliphatic carbocycles. The molecule has 4 nitrogen and oxygen atoms in total. The van der Waals surface area contributed by atoms with Gasteiger partial charge in [-0.05, 0) is 42.8 Å². The van der Waals surface area contributed by atoms with Crippen LogP contribution in [-0.2, 0) is 6.42 Å². The largest absolute Gasteiger partial charge is 0.438 e. The van der Waals surface area contributed by atoms with Gasteiger partial charge in [0.1, 0.15) is 17.4 Å². The van der Waals surface area contributed by atoms with E-state index in [4.69, 9.17) is 4.74 Å². The van der Waals surface area contributed by atoms with E-state index in [-0.39, 0.29) is 11.4 Å². The van der Waals surface area contributed by atoms with E-state index < -0.39 is 0 Å². The summed E-state index contributed by atoms with van der Waals surface area (Å²) < 4.78 is 18.8. The topological polar surface area (TPSA) is 55.0 Å². The van der Waals surface area contributed by atoms with Crippen LogP contribution in [0.25, 0.3) is 11.4 Å². The van der Waals surface area contributed by atoms with Gasteiger partial charge in [0.05, 0.1) is 5.56 Å². The summed E-state index contributed by atoms with van der Waals surface area (Å²) in [6.07, 6.45) is 0.485. The van der Waals surface area contributed by atoms with E-state index in [1.54, 1.807) is 12.1 Å². The highest BCUT2D eigenvalue weighted by atomic mass is 19.1. The van der Waals surface area contributed by atoms with Crippen molar-refractivity contribution < 1.29 is 9.13 Å². The number of nitrogens with zero attached hydrogens (tertiary/aromatic N) is 1. The van der Waals surface area contributed by atoms with Crippen LogP contribution < -0.4 is 10.3 Å². The first kappa shape index (κ1) is 13.7. The quantitative estimate of drug-likeness (QED) is 0.585. The number of fused-ring (bicyclic) bond motifs is 2. The lowest BCUT2D eigenvalue weighted by atomic mass is 10.0. The molecule has 0 saturated heterocycles. The number of H-pyrrole nitrogens is 1. The molecule has 1 aliphatic heterocycles. The Labute approximate surface area is 131 Å². The minimum Gasteiger partial charge on any atom is -0.438 e. The number of benzene rings is 2. The predicted octanol–water partition coefficient (Wildman–Crippen LogP) is 3.58. The summed E-state index contributed by atoms with van der Waals surface area (Å²) in [6.45, 7) is 2.00. The zero-order chi connectivity index (χ0) is 16.0. The van der Waals surface area contributed by atoms with Gasteiger partial charge >= 0.3 is 0 Å². The van der Waals surface area contributed by atoms with E-state index in [1.807, 2.05) is 25.1 Å². The SMILES string of the molecule is Cc1ccc2c(c1)Cc1c(nc(-c3ccc(F)cc3)[nH]c1=O)O2. The van der Waals surface area contributed by atoms with E-state index in [1.165, 1.54) is 12.1 Å². The fourth-order valence-electron chi connectivity index (χ4n) is 2.70. The van der Waals surface area contributed by atoms with Crippen LogP contribution in [0.4, 0.5) is 4.39 Å². The Balaban J connectivity index is 1.81. The van der Waals surface area contributed by atoms with Crippen molar-refractivity contribution in [3.8, 4) is 23.0 Å². The molecule has 1 aromatic heterocycles. The number of ether oxygens (including phenoxy) is 1. The minimum atomic E-state index is -0.338. The molecule has 3 aromatic rings.